The molecule has 1 amide bonds. The van der Waals surface area contributed by atoms with Gasteiger partial charge >= 0.3 is 0 Å². The molecule has 0 spiro atoms. The summed E-state index contributed by atoms with van der Waals surface area (Å²) < 4.78 is 1.57. The van der Waals surface area contributed by atoms with E-state index >= 15 is 0 Å². The van der Waals surface area contributed by atoms with E-state index in [0.29, 0.717) is 29.7 Å². The Bertz CT molecular complexity index is 971. The molecule has 0 atom stereocenters. The molecular weight excluding hydrogens is 330 g/mol. The molecule has 3 aromatic rings. The fraction of sp³-hybridized carbons (Fsp3) is 0.278. The molecule has 3 aromatic heterocycles. The van der Waals surface area contributed by atoms with Crippen LogP contribution in [0.5, 0.6) is 0 Å². The number of nitrogens with zero attached hydrogens (tertiary/aromatic N) is 5. The van der Waals surface area contributed by atoms with Crippen LogP contribution in [-0.4, -0.2) is 37.8 Å². The highest BCUT2D eigenvalue weighted by atomic mass is 16.2. The zero-order valence-corrected chi connectivity index (χ0v) is 14.6. The summed E-state index contributed by atoms with van der Waals surface area (Å²) in [4.78, 5) is 16.5. The van der Waals surface area contributed by atoms with E-state index in [0.717, 1.165) is 5.69 Å². The van der Waals surface area contributed by atoms with Gasteiger partial charge in [0.2, 0.25) is 0 Å². The van der Waals surface area contributed by atoms with E-state index in [1.807, 2.05) is 26.0 Å². The minimum absolute atomic E-state index is 0.266. The molecule has 132 valence electrons. The van der Waals surface area contributed by atoms with Crippen LogP contribution in [0.1, 0.15) is 36.3 Å². The summed E-state index contributed by atoms with van der Waals surface area (Å²) in [6.07, 6.45) is 5.56. The topological polar surface area (TPSA) is 108 Å². The number of pyridine rings is 2. The second kappa shape index (κ2) is 7.19. The van der Waals surface area contributed by atoms with Crippen LogP contribution < -0.4 is 10.6 Å². The Morgan fingerprint density at radius 3 is 3.00 bits per heavy atom. The molecule has 0 aliphatic rings. The van der Waals surface area contributed by atoms with E-state index in [2.05, 4.69) is 32.0 Å². The van der Waals surface area contributed by atoms with Gasteiger partial charge in [-0.15, -0.1) is 5.10 Å². The van der Waals surface area contributed by atoms with Gasteiger partial charge in [0.1, 0.15) is 6.07 Å². The summed E-state index contributed by atoms with van der Waals surface area (Å²) in [6.45, 7) is 4.47. The first-order chi connectivity index (χ1) is 12.5. The first-order valence-corrected chi connectivity index (χ1v) is 8.21. The molecule has 26 heavy (non-hydrogen) atoms. The summed E-state index contributed by atoms with van der Waals surface area (Å²) in [7, 11) is 0. The summed E-state index contributed by atoms with van der Waals surface area (Å²) in [5.41, 5.74) is 1.72. The number of fused-ring (bicyclic) bond motifs is 1. The first-order valence-electron chi connectivity index (χ1n) is 8.21. The molecule has 0 saturated carbocycles. The highest BCUT2D eigenvalue weighted by Gasteiger charge is 2.24. The Balaban J connectivity index is 1.62. The number of amides is 1. The summed E-state index contributed by atoms with van der Waals surface area (Å²) in [6, 6.07) is 9.32. The summed E-state index contributed by atoms with van der Waals surface area (Å²) >= 11 is 0. The standard InChI is InChI=1S/C18H19N7O/c1-18(2,7-9-21-14-6-8-20-12-13(14)11-19)22-17(26)16-15-5-3-4-10-25(15)24-23-16/h3-6,8,10,12H,7,9H2,1-2H3,(H,20,21)(H,22,26). The van der Waals surface area contributed by atoms with Crippen LogP contribution in [-0.2, 0) is 0 Å². The van der Waals surface area contributed by atoms with Gasteiger partial charge in [0.25, 0.3) is 5.91 Å². The third-order valence-electron chi connectivity index (χ3n) is 4.00. The Labute approximate surface area is 150 Å². The number of carbonyl (C=O) groups excluding carboxylic acids is 1. The minimum Gasteiger partial charge on any atom is -0.384 e. The third kappa shape index (κ3) is 3.78. The number of hydrogen-bond donors (Lipinski definition) is 2. The van der Waals surface area contributed by atoms with Crippen molar-refractivity contribution in [1.29, 1.82) is 5.26 Å². The second-order valence-corrected chi connectivity index (χ2v) is 6.52. The molecule has 0 aliphatic heterocycles. The lowest BCUT2D eigenvalue weighted by atomic mass is 10.00. The number of carbonyl (C=O) groups is 1. The Morgan fingerprint density at radius 1 is 1.35 bits per heavy atom. The maximum atomic E-state index is 12.6. The van der Waals surface area contributed by atoms with Gasteiger partial charge in [-0.2, -0.15) is 5.26 Å². The lowest BCUT2D eigenvalue weighted by Crippen LogP contribution is -2.44. The van der Waals surface area contributed by atoms with Crippen LogP contribution in [0.2, 0.25) is 0 Å². The molecule has 0 bridgehead atoms. The second-order valence-electron chi connectivity index (χ2n) is 6.52. The van der Waals surface area contributed by atoms with Crippen LogP contribution in [0, 0.1) is 11.3 Å². The van der Waals surface area contributed by atoms with Crippen molar-refractivity contribution in [1.82, 2.24) is 25.1 Å². The van der Waals surface area contributed by atoms with Crippen molar-refractivity contribution in [2.45, 2.75) is 25.8 Å². The van der Waals surface area contributed by atoms with Crippen LogP contribution in [0.3, 0.4) is 0 Å². The van der Waals surface area contributed by atoms with Crippen molar-refractivity contribution >= 4 is 17.1 Å². The molecule has 0 radical (unpaired) electrons. The van der Waals surface area contributed by atoms with Crippen molar-refractivity contribution in [2.75, 3.05) is 11.9 Å². The quantitative estimate of drug-likeness (QED) is 0.705. The number of anilines is 1. The van der Waals surface area contributed by atoms with Gasteiger partial charge in [-0.1, -0.05) is 11.3 Å². The highest BCUT2D eigenvalue weighted by Crippen LogP contribution is 2.15. The summed E-state index contributed by atoms with van der Waals surface area (Å²) in [5, 5.41) is 23.2. The van der Waals surface area contributed by atoms with Crippen molar-refractivity contribution in [3.63, 3.8) is 0 Å². The average Bonchev–Trinajstić information content (AvgIpc) is 3.06. The molecular formula is C18H19N7O. The van der Waals surface area contributed by atoms with Gasteiger partial charge in [0.05, 0.1) is 16.8 Å². The zero-order valence-electron chi connectivity index (χ0n) is 14.6. The smallest absolute Gasteiger partial charge is 0.274 e. The van der Waals surface area contributed by atoms with Crippen LogP contribution in [0.25, 0.3) is 5.52 Å². The number of nitriles is 1. The molecule has 8 nitrogen and oxygen atoms in total. The lowest BCUT2D eigenvalue weighted by Gasteiger charge is -2.26. The van der Waals surface area contributed by atoms with E-state index in [1.165, 1.54) is 6.20 Å². The average molecular weight is 349 g/mol. The summed E-state index contributed by atoms with van der Waals surface area (Å²) in [5.74, 6) is -0.266. The van der Waals surface area contributed by atoms with Crippen LogP contribution >= 0.6 is 0 Å². The Morgan fingerprint density at radius 2 is 2.19 bits per heavy atom. The van der Waals surface area contributed by atoms with E-state index in [1.54, 1.807) is 29.0 Å². The van der Waals surface area contributed by atoms with Gasteiger partial charge in [-0.3, -0.25) is 9.78 Å². The van der Waals surface area contributed by atoms with Gasteiger partial charge in [-0.05, 0) is 38.5 Å². The van der Waals surface area contributed by atoms with Crippen LogP contribution in [0.4, 0.5) is 5.69 Å². The van der Waals surface area contributed by atoms with Crippen molar-refractivity contribution < 1.29 is 4.79 Å². The maximum Gasteiger partial charge on any atom is 0.274 e. The molecule has 8 heteroatoms. The van der Waals surface area contributed by atoms with Crippen molar-refractivity contribution in [3.05, 3.63) is 54.1 Å². The molecule has 0 saturated heterocycles. The van der Waals surface area contributed by atoms with Gasteiger partial charge in [0.15, 0.2) is 5.69 Å². The predicted molar refractivity (Wildman–Crippen MR) is 96.6 cm³/mol. The fourth-order valence-electron chi connectivity index (χ4n) is 2.58. The molecule has 2 N–H and O–H groups in total. The van der Waals surface area contributed by atoms with E-state index < -0.39 is 5.54 Å². The Kier molecular flexibility index (Phi) is 4.80. The molecule has 0 unspecified atom stereocenters. The van der Waals surface area contributed by atoms with Gasteiger partial charge in [0, 0.05) is 30.7 Å². The van der Waals surface area contributed by atoms with E-state index in [4.69, 9.17) is 5.26 Å². The minimum atomic E-state index is -0.464. The zero-order chi connectivity index (χ0) is 18.6. The first kappa shape index (κ1) is 17.4. The number of hydrogen-bond acceptors (Lipinski definition) is 6. The fourth-order valence-corrected chi connectivity index (χ4v) is 2.58. The lowest BCUT2D eigenvalue weighted by molar-refractivity contribution is 0.0907. The van der Waals surface area contributed by atoms with Crippen LogP contribution in [0.15, 0.2) is 42.9 Å². The normalized spacial score (nSPS) is 11.1. The predicted octanol–water partition coefficient (Wildman–Crippen LogP) is 2.01. The SMILES string of the molecule is CC(C)(CCNc1ccncc1C#N)NC(=O)c1nnn2ccccc12. The van der Waals surface area contributed by atoms with E-state index in [-0.39, 0.29) is 5.91 Å². The van der Waals surface area contributed by atoms with Crippen molar-refractivity contribution in [2.24, 2.45) is 0 Å². The molecule has 0 aliphatic carbocycles. The third-order valence-corrected chi connectivity index (χ3v) is 4.00. The monoisotopic (exact) mass is 349 g/mol. The number of aromatic nitrogens is 4. The largest absolute Gasteiger partial charge is 0.384 e. The van der Waals surface area contributed by atoms with Crippen molar-refractivity contribution in [3.8, 4) is 6.07 Å². The van der Waals surface area contributed by atoms with Gasteiger partial charge < -0.3 is 10.6 Å². The molecule has 0 fully saturated rings. The highest BCUT2D eigenvalue weighted by molar-refractivity contribution is 5.98. The number of rotatable bonds is 6. The Hall–Kier alpha value is -3.47. The number of nitrogens with one attached hydrogen (secondary N) is 2. The molecule has 3 rings (SSSR count). The maximum absolute atomic E-state index is 12.6. The van der Waals surface area contributed by atoms with Gasteiger partial charge in [-0.25, -0.2) is 4.52 Å². The molecule has 0 aromatic carbocycles. The molecule has 3 heterocycles. The van der Waals surface area contributed by atoms with E-state index in [9.17, 15) is 4.79 Å².